The second-order valence-corrected chi connectivity index (χ2v) is 5.06. The first-order chi connectivity index (χ1) is 10.3. The Kier molecular flexibility index (Phi) is 3.79. The Morgan fingerprint density at radius 2 is 2.14 bits per heavy atom. The van der Waals surface area contributed by atoms with Gasteiger partial charge in [0.2, 0.25) is 0 Å². The topological polar surface area (TPSA) is 68.8 Å². The Balaban J connectivity index is 1.90. The first kappa shape index (κ1) is 13.5. The lowest BCUT2D eigenvalue weighted by atomic mass is 10.1. The normalized spacial score (nSPS) is 10.7. The van der Waals surface area contributed by atoms with Crippen LogP contribution in [0.5, 0.6) is 0 Å². The average molecular weight is 297 g/mol. The summed E-state index contributed by atoms with van der Waals surface area (Å²) in [4.78, 5) is 4.74. The van der Waals surface area contributed by atoms with Crippen molar-refractivity contribution in [2.24, 2.45) is 5.73 Å². The summed E-state index contributed by atoms with van der Waals surface area (Å²) in [7, 11) is 0. The van der Waals surface area contributed by atoms with E-state index in [-0.39, 0.29) is 0 Å². The Morgan fingerprint density at radius 3 is 2.90 bits per heavy atom. The molecule has 0 amide bonds. The first-order valence-corrected chi connectivity index (χ1v) is 7.05. The van der Waals surface area contributed by atoms with Crippen LogP contribution in [0.15, 0.2) is 48.9 Å². The zero-order chi connectivity index (χ0) is 14.7. The van der Waals surface area contributed by atoms with Crippen molar-refractivity contribution >= 4 is 33.8 Å². The molecule has 6 heteroatoms. The fourth-order valence-electron chi connectivity index (χ4n) is 2.25. The van der Waals surface area contributed by atoms with Crippen molar-refractivity contribution in [3.63, 3.8) is 0 Å². The van der Waals surface area contributed by atoms with Crippen molar-refractivity contribution in [2.75, 3.05) is 11.9 Å². The molecule has 3 rings (SSSR count). The number of aromatic nitrogens is 3. The van der Waals surface area contributed by atoms with Gasteiger partial charge in [-0.05, 0) is 12.1 Å². The summed E-state index contributed by atoms with van der Waals surface area (Å²) < 4.78 is 1.87. The van der Waals surface area contributed by atoms with Crippen LogP contribution in [0.25, 0.3) is 10.9 Å². The zero-order valence-electron chi connectivity index (χ0n) is 11.4. The number of hydrogen-bond acceptors (Lipinski definition) is 4. The summed E-state index contributed by atoms with van der Waals surface area (Å²) in [5.74, 6) is 0. The molecule has 21 heavy (non-hydrogen) atoms. The van der Waals surface area contributed by atoms with E-state index >= 15 is 0 Å². The molecule has 0 atom stereocenters. The summed E-state index contributed by atoms with van der Waals surface area (Å²) in [5.41, 5.74) is 8.42. The first-order valence-electron chi connectivity index (χ1n) is 6.64. The van der Waals surface area contributed by atoms with E-state index in [9.17, 15) is 0 Å². The van der Waals surface area contributed by atoms with Crippen molar-refractivity contribution in [3.8, 4) is 0 Å². The van der Waals surface area contributed by atoms with Crippen LogP contribution in [-0.4, -0.2) is 26.3 Å². The quantitative estimate of drug-likeness (QED) is 0.706. The summed E-state index contributed by atoms with van der Waals surface area (Å²) in [6, 6.07) is 9.83. The SMILES string of the molecule is NC(=S)c1cnc2ccccc2c1NCCn1cccn1. The summed E-state index contributed by atoms with van der Waals surface area (Å²) in [6.07, 6.45) is 5.42. The summed E-state index contributed by atoms with van der Waals surface area (Å²) in [5, 5.41) is 8.61. The largest absolute Gasteiger partial charge is 0.389 e. The number of thiocarbonyl (C=S) groups is 1. The molecule has 0 aliphatic carbocycles. The highest BCUT2D eigenvalue weighted by atomic mass is 32.1. The number of nitrogens with two attached hydrogens (primary N) is 1. The minimum Gasteiger partial charge on any atom is -0.389 e. The summed E-state index contributed by atoms with van der Waals surface area (Å²) in [6.45, 7) is 1.49. The van der Waals surface area contributed by atoms with Gasteiger partial charge in [-0.2, -0.15) is 5.10 Å². The number of fused-ring (bicyclic) bond motifs is 1. The van der Waals surface area contributed by atoms with Gasteiger partial charge in [-0.3, -0.25) is 9.67 Å². The van der Waals surface area contributed by atoms with E-state index in [0.717, 1.165) is 35.2 Å². The maximum atomic E-state index is 5.81. The molecular weight excluding hydrogens is 282 g/mol. The zero-order valence-corrected chi connectivity index (χ0v) is 12.2. The van der Waals surface area contributed by atoms with Gasteiger partial charge >= 0.3 is 0 Å². The van der Waals surface area contributed by atoms with Crippen LogP contribution in [0.3, 0.4) is 0 Å². The predicted octanol–water partition coefficient (Wildman–Crippen LogP) is 2.18. The second kappa shape index (κ2) is 5.88. The Bertz CT molecular complexity index is 767. The average Bonchev–Trinajstić information content (AvgIpc) is 3.00. The lowest BCUT2D eigenvalue weighted by molar-refractivity contribution is 0.638. The number of benzene rings is 1. The highest BCUT2D eigenvalue weighted by Crippen LogP contribution is 2.25. The maximum absolute atomic E-state index is 5.81. The van der Waals surface area contributed by atoms with Gasteiger partial charge in [0.15, 0.2) is 0 Å². The number of para-hydroxylation sites is 1. The molecule has 0 saturated carbocycles. The van der Waals surface area contributed by atoms with Gasteiger partial charge in [-0.25, -0.2) is 0 Å². The van der Waals surface area contributed by atoms with Gasteiger partial charge in [0.25, 0.3) is 0 Å². The van der Waals surface area contributed by atoms with Gasteiger partial charge in [-0.15, -0.1) is 0 Å². The van der Waals surface area contributed by atoms with E-state index in [1.807, 2.05) is 41.2 Å². The van der Waals surface area contributed by atoms with E-state index in [1.54, 1.807) is 12.4 Å². The van der Waals surface area contributed by atoms with Gasteiger partial charge in [-0.1, -0.05) is 30.4 Å². The van der Waals surface area contributed by atoms with Crippen molar-refractivity contribution in [1.29, 1.82) is 0 Å². The molecule has 0 saturated heterocycles. The van der Waals surface area contributed by atoms with Crippen LogP contribution < -0.4 is 11.1 Å². The molecule has 0 aliphatic rings. The molecule has 106 valence electrons. The van der Waals surface area contributed by atoms with Crippen LogP contribution in [0, 0.1) is 0 Å². The highest BCUT2D eigenvalue weighted by Gasteiger charge is 2.10. The highest BCUT2D eigenvalue weighted by molar-refractivity contribution is 7.80. The molecule has 2 aromatic heterocycles. The Morgan fingerprint density at radius 1 is 1.29 bits per heavy atom. The lowest BCUT2D eigenvalue weighted by Gasteiger charge is -2.14. The van der Waals surface area contributed by atoms with Gasteiger partial charge in [0.1, 0.15) is 4.99 Å². The van der Waals surface area contributed by atoms with E-state index < -0.39 is 0 Å². The molecule has 2 heterocycles. The van der Waals surface area contributed by atoms with Crippen LogP contribution >= 0.6 is 12.2 Å². The molecule has 5 nitrogen and oxygen atoms in total. The monoisotopic (exact) mass is 297 g/mol. The smallest absolute Gasteiger partial charge is 0.107 e. The second-order valence-electron chi connectivity index (χ2n) is 4.62. The fraction of sp³-hybridized carbons (Fsp3) is 0.133. The molecule has 0 unspecified atom stereocenters. The van der Waals surface area contributed by atoms with E-state index in [4.69, 9.17) is 18.0 Å². The van der Waals surface area contributed by atoms with Crippen molar-refractivity contribution in [3.05, 3.63) is 54.5 Å². The molecule has 0 spiro atoms. The van der Waals surface area contributed by atoms with Crippen LogP contribution in [-0.2, 0) is 6.54 Å². The molecule has 3 N–H and O–H groups in total. The number of anilines is 1. The number of pyridine rings is 1. The minimum absolute atomic E-state index is 0.342. The maximum Gasteiger partial charge on any atom is 0.107 e. The molecule has 0 bridgehead atoms. The van der Waals surface area contributed by atoms with Crippen molar-refractivity contribution in [1.82, 2.24) is 14.8 Å². The number of rotatable bonds is 5. The number of nitrogens with one attached hydrogen (secondary N) is 1. The lowest BCUT2D eigenvalue weighted by Crippen LogP contribution is -2.17. The van der Waals surface area contributed by atoms with Crippen LogP contribution in [0.4, 0.5) is 5.69 Å². The molecule has 0 aliphatic heterocycles. The van der Waals surface area contributed by atoms with Crippen LogP contribution in [0.1, 0.15) is 5.56 Å². The van der Waals surface area contributed by atoms with E-state index in [1.165, 1.54) is 0 Å². The third-order valence-corrected chi connectivity index (χ3v) is 3.46. The van der Waals surface area contributed by atoms with Gasteiger partial charge < -0.3 is 11.1 Å². The molecule has 3 aromatic rings. The third-order valence-electron chi connectivity index (χ3n) is 3.24. The standard InChI is InChI=1S/C15H15N5S/c16-15(21)12-10-18-13-5-2-1-4-11(13)14(12)17-7-9-20-8-3-6-19-20/h1-6,8,10H,7,9H2,(H2,16,21)(H,17,18). The predicted molar refractivity (Wildman–Crippen MR) is 88.3 cm³/mol. The van der Waals surface area contributed by atoms with Gasteiger partial charge in [0, 0.05) is 30.5 Å². The Labute approximate surface area is 127 Å². The number of hydrogen-bond donors (Lipinski definition) is 2. The summed E-state index contributed by atoms with van der Waals surface area (Å²) >= 11 is 5.12. The fourth-order valence-corrected chi connectivity index (χ4v) is 2.40. The number of nitrogens with zero attached hydrogens (tertiary/aromatic N) is 3. The minimum atomic E-state index is 0.342. The van der Waals surface area contributed by atoms with E-state index in [0.29, 0.717) is 4.99 Å². The Hall–Kier alpha value is -2.47. The van der Waals surface area contributed by atoms with Crippen molar-refractivity contribution in [2.45, 2.75) is 6.54 Å². The van der Waals surface area contributed by atoms with E-state index in [2.05, 4.69) is 15.4 Å². The molecule has 0 radical (unpaired) electrons. The van der Waals surface area contributed by atoms with Gasteiger partial charge in [0.05, 0.1) is 23.3 Å². The molecule has 0 fully saturated rings. The third kappa shape index (κ3) is 2.85. The molecular formula is C15H15N5S. The van der Waals surface area contributed by atoms with Crippen LogP contribution in [0.2, 0.25) is 0 Å². The van der Waals surface area contributed by atoms with Crippen molar-refractivity contribution < 1.29 is 0 Å². The molecule has 1 aromatic carbocycles.